The summed E-state index contributed by atoms with van der Waals surface area (Å²) in [6.45, 7) is 1.94. The number of likely N-dealkylation sites (tertiary alicyclic amines) is 1. The van der Waals surface area contributed by atoms with Crippen molar-refractivity contribution in [2.75, 3.05) is 33.9 Å². The third kappa shape index (κ3) is 5.00. The Balaban J connectivity index is 1.78. The molecule has 2 aromatic rings. The Morgan fingerprint density at radius 2 is 1.83 bits per heavy atom. The molecule has 0 saturated carbocycles. The summed E-state index contributed by atoms with van der Waals surface area (Å²) in [5, 5.41) is 10.7. The first-order chi connectivity index (χ1) is 13.9. The number of ether oxygens (including phenoxy) is 2. The molecule has 0 bridgehead atoms. The van der Waals surface area contributed by atoms with Gasteiger partial charge in [0.25, 0.3) is 0 Å². The Bertz CT molecular complexity index is 864. The fourth-order valence-electron chi connectivity index (χ4n) is 4.10. The van der Waals surface area contributed by atoms with Crippen LogP contribution >= 0.6 is 11.6 Å². The predicted octanol–water partition coefficient (Wildman–Crippen LogP) is 4.45. The van der Waals surface area contributed by atoms with E-state index in [9.17, 15) is 13.9 Å². The summed E-state index contributed by atoms with van der Waals surface area (Å²) in [6.07, 6.45) is 2.00. The van der Waals surface area contributed by atoms with E-state index in [1.54, 1.807) is 20.3 Å². The van der Waals surface area contributed by atoms with E-state index < -0.39 is 17.0 Å². The normalized spacial score (nSPS) is 19.9. The largest absolute Gasteiger partial charge is 0.493 e. The van der Waals surface area contributed by atoms with Crippen LogP contribution in [0.3, 0.4) is 0 Å². The maximum Gasteiger partial charge on any atom is 0.162 e. The molecule has 1 atom stereocenters. The van der Waals surface area contributed by atoms with Gasteiger partial charge in [-0.3, -0.25) is 4.90 Å². The molecular formula is C22H26ClF2NO3. The van der Waals surface area contributed by atoms with Crippen LogP contribution in [0, 0.1) is 17.0 Å². The molecule has 1 aliphatic rings. The second-order valence-corrected chi connectivity index (χ2v) is 8.09. The van der Waals surface area contributed by atoms with Crippen LogP contribution in [0.4, 0.5) is 8.78 Å². The average Bonchev–Trinajstić information content (AvgIpc) is 2.71. The molecule has 1 saturated heterocycles. The summed E-state index contributed by atoms with van der Waals surface area (Å²) < 4.78 is 38.1. The highest BCUT2D eigenvalue weighted by Gasteiger charge is 2.36. The highest BCUT2D eigenvalue weighted by atomic mass is 35.5. The van der Waals surface area contributed by atoms with Crippen LogP contribution in [0.15, 0.2) is 30.3 Å². The van der Waals surface area contributed by atoms with Crippen molar-refractivity contribution in [1.82, 2.24) is 4.90 Å². The lowest BCUT2D eigenvalue weighted by molar-refractivity contribution is 0.0282. The SMILES string of the molecule is COc1cc(Cl)c(CN2CCC[C@@](CO)(Cc3ccc(F)cc3F)C2)cc1OC. The number of benzene rings is 2. The molecule has 1 aliphatic heterocycles. The molecule has 0 aromatic heterocycles. The number of aliphatic hydroxyl groups excluding tert-OH is 1. The van der Waals surface area contributed by atoms with Gasteiger partial charge in [0.15, 0.2) is 11.5 Å². The number of rotatable bonds is 7. The molecule has 7 heteroatoms. The van der Waals surface area contributed by atoms with Crippen molar-refractivity contribution in [3.63, 3.8) is 0 Å². The number of halogens is 3. The number of aliphatic hydroxyl groups is 1. The predicted molar refractivity (Wildman–Crippen MR) is 109 cm³/mol. The highest BCUT2D eigenvalue weighted by Crippen LogP contribution is 2.37. The number of hydrogen-bond donors (Lipinski definition) is 1. The summed E-state index contributed by atoms with van der Waals surface area (Å²) in [7, 11) is 3.13. The van der Waals surface area contributed by atoms with Gasteiger partial charge >= 0.3 is 0 Å². The molecule has 0 amide bonds. The van der Waals surface area contributed by atoms with Gasteiger partial charge in [0.2, 0.25) is 0 Å². The molecule has 29 heavy (non-hydrogen) atoms. The third-order valence-corrected chi connectivity index (χ3v) is 5.95. The minimum absolute atomic E-state index is 0.0695. The molecule has 0 spiro atoms. The van der Waals surface area contributed by atoms with Gasteiger partial charge in [-0.25, -0.2) is 8.78 Å². The van der Waals surface area contributed by atoms with E-state index in [0.29, 0.717) is 41.6 Å². The summed E-state index contributed by atoms with van der Waals surface area (Å²) >= 11 is 6.43. The molecule has 2 aromatic carbocycles. The minimum atomic E-state index is -0.599. The number of nitrogens with zero attached hydrogens (tertiary/aromatic N) is 1. The maximum absolute atomic E-state index is 14.2. The van der Waals surface area contributed by atoms with E-state index in [2.05, 4.69) is 4.90 Å². The lowest BCUT2D eigenvalue weighted by atomic mass is 9.75. The van der Waals surface area contributed by atoms with Crippen LogP contribution in [0.25, 0.3) is 0 Å². The van der Waals surface area contributed by atoms with E-state index in [1.165, 1.54) is 12.1 Å². The molecule has 1 N–H and O–H groups in total. The first kappa shape index (κ1) is 21.8. The van der Waals surface area contributed by atoms with Crippen LogP contribution in [-0.4, -0.2) is 43.9 Å². The van der Waals surface area contributed by atoms with Gasteiger partial charge in [-0.05, 0) is 49.1 Å². The van der Waals surface area contributed by atoms with E-state index in [4.69, 9.17) is 21.1 Å². The van der Waals surface area contributed by atoms with Gasteiger partial charge in [-0.15, -0.1) is 0 Å². The van der Waals surface area contributed by atoms with Crippen LogP contribution in [0.5, 0.6) is 11.5 Å². The van der Waals surface area contributed by atoms with Gasteiger partial charge in [-0.2, -0.15) is 0 Å². The van der Waals surface area contributed by atoms with Crippen molar-refractivity contribution in [1.29, 1.82) is 0 Å². The molecule has 158 valence electrons. The molecule has 3 rings (SSSR count). The van der Waals surface area contributed by atoms with E-state index in [-0.39, 0.29) is 6.61 Å². The van der Waals surface area contributed by atoms with Crippen molar-refractivity contribution >= 4 is 11.6 Å². The zero-order valence-corrected chi connectivity index (χ0v) is 17.4. The standard InChI is InChI=1S/C22H26ClF2NO3/c1-28-20-8-16(18(23)10-21(20)29-2)12-26-7-3-6-22(13-26,14-27)11-15-4-5-17(24)9-19(15)25/h4-5,8-10,27H,3,6-7,11-14H2,1-2H3/t22-/m1/s1. The number of hydrogen-bond acceptors (Lipinski definition) is 4. The summed E-state index contributed by atoms with van der Waals surface area (Å²) in [5.74, 6) is -0.00218. The summed E-state index contributed by atoms with van der Waals surface area (Å²) in [6, 6.07) is 7.20. The lowest BCUT2D eigenvalue weighted by Gasteiger charge is -2.42. The Kier molecular flexibility index (Phi) is 6.98. The van der Waals surface area contributed by atoms with Crippen LogP contribution < -0.4 is 9.47 Å². The van der Waals surface area contributed by atoms with E-state index in [1.807, 2.05) is 6.07 Å². The van der Waals surface area contributed by atoms with Gasteiger partial charge in [-0.1, -0.05) is 17.7 Å². The fourth-order valence-corrected chi connectivity index (χ4v) is 4.32. The molecule has 1 fully saturated rings. The fraction of sp³-hybridized carbons (Fsp3) is 0.455. The summed E-state index contributed by atoms with van der Waals surface area (Å²) in [4.78, 5) is 2.20. The van der Waals surface area contributed by atoms with Gasteiger partial charge < -0.3 is 14.6 Å². The van der Waals surface area contributed by atoms with Crippen LogP contribution in [-0.2, 0) is 13.0 Å². The first-order valence-electron chi connectivity index (χ1n) is 9.57. The van der Waals surface area contributed by atoms with Crippen LogP contribution in [0.2, 0.25) is 5.02 Å². The third-order valence-electron chi connectivity index (χ3n) is 5.60. The van der Waals surface area contributed by atoms with Crippen molar-refractivity contribution < 1.29 is 23.4 Å². The molecule has 0 radical (unpaired) electrons. The smallest absolute Gasteiger partial charge is 0.162 e. The minimum Gasteiger partial charge on any atom is -0.493 e. The Hall–Kier alpha value is -1.89. The molecule has 4 nitrogen and oxygen atoms in total. The van der Waals surface area contributed by atoms with Crippen molar-refractivity contribution in [2.45, 2.75) is 25.8 Å². The van der Waals surface area contributed by atoms with Crippen molar-refractivity contribution in [3.05, 3.63) is 58.1 Å². The van der Waals surface area contributed by atoms with Gasteiger partial charge in [0.1, 0.15) is 11.6 Å². The quantitative estimate of drug-likeness (QED) is 0.711. The highest BCUT2D eigenvalue weighted by molar-refractivity contribution is 6.31. The Morgan fingerprint density at radius 3 is 2.48 bits per heavy atom. The zero-order chi connectivity index (χ0) is 21.0. The van der Waals surface area contributed by atoms with Gasteiger partial charge in [0.05, 0.1) is 20.8 Å². The van der Waals surface area contributed by atoms with Crippen molar-refractivity contribution in [3.8, 4) is 11.5 Å². The number of piperidine rings is 1. The average molecular weight is 426 g/mol. The number of methoxy groups -OCH3 is 2. The van der Waals surface area contributed by atoms with Crippen molar-refractivity contribution in [2.24, 2.45) is 5.41 Å². The monoisotopic (exact) mass is 425 g/mol. The topological polar surface area (TPSA) is 41.9 Å². The van der Waals surface area contributed by atoms with Crippen LogP contribution in [0.1, 0.15) is 24.0 Å². The molecular weight excluding hydrogens is 400 g/mol. The Morgan fingerprint density at radius 1 is 1.10 bits per heavy atom. The zero-order valence-electron chi connectivity index (χ0n) is 16.7. The Labute approximate surface area is 175 Å². The second-order valence-electron chi connectivity index (χ2n) is 7.68. The molecule has 0 aliphatic carbocycles. The van der Waals surface area contributed by atoms with E-state index >= 15 is 0 Å². The second kappa shape index (κ2) is 9.28. The lowest BCUT2D eigenvalue weighted by Crippen LogP contribution is -2.46. The van der Waals surface area contributed by atoms with Gasteiger partial charge in [0, 0.05) is 35.7 Å². The van der Waals surface area contributed by atoms with E-state index in [0.717, 1.165) is 31.0 Å². The molecule has 0 unspecified atom stereocenters. The summed E-state index contributed by atoms with van der Waals surface area (Å²) in [5.41, 5.74) is 0.831. The maximum atomic E-state index is 14.2. The molecule has 1 heterocycles. The first-order valence-corrected chi connectivity index (χ1v) is 9.95.